The van der Waals surface area contributed by atoms with Gasteiger partial charge < -0.3 is 14.8 Å². The minimum Gasteiger partial charge on any atom is -0.496 e. The Balaban J connectivity index is 1.88. The third-order valence-corrected chi connectivity index (χ3v) is 6.33. The molecule has 3 aromatic rings. The summed E-state index contributed by atoms with van der Waals surface area (Å²) in [5.41, 5.74) is 9.62. The number of fused-ring (bicyclic) bond motifs is 1. The Morgan fingerprint density at radius 1 is 0.909 bits per heavy atom. The Labute approximate surface area is 196 Å². The van der Waals surface area contributed by atoms with Gasteiger partial charge in [-0.25, -0.2) is 4.39 Å². The molecule has 1 heterocycles. The largest absolute Gasteiger partial charge is 0.496 e. The van der Waals surface area contributed by atoms with Crippen LogP contribution >= 0.6 is 0 Å². The van der Waals surface area contributed by atoms with E-state index in [1.807, 2.05) is 0 Å². The molecule has 4 rings (SSSR count). The van der Waals surface area contributed by atoms with E-state index in [4.69, 9.17) is 9.47 Å². The van der Waals surface area contributed by atoms with Crippen molar-refractivity contribution in [2.75, 3.05) is 12.4 Å². The molecule has 0 fully saturated rings. The minimum atomic E-state index is -0.322. The normalized spacial score (nSPS) is 14.2. The van der Waals surface area contributed by atoms with Gasteiger partial charge in [-0.05, 0) is 93.6 Å². The Bertz CT molecular complexity index is 1260. The van der Waals surface area contributed by atoms with Crippen molar-refractivity contribution in [1.82, 2.24) is 0 Å². The lowest BCUT2D eigenvalue weighted by Gasteiger charge is -2.33. The lowest BCUT2D eigenvalue weighted by molar-refractivity contribution is 0.304. The first-order valence-electron chi connectivity index (χ1n) is 11.3. The molecule has 1 aliphatic heterocycles. The van der Waals surface area contributed by atoms with Gasteiger partial charge in [0.2, 0.25) is 0 Å². The van der Waals surface area contributed by atoms with Crippen molar-refractivity contribution in [2.24, 2.45) is 0 Å². The third kappa shape index (κ3) is 4.47. The summed E-state index contributed by atoms with van der Waals surface area (Å²) >= 11 is 0. The number of nitrogens with one attached hydrogen (secondary N) is 1. The molecule has 0 aliphatic carbocycles. The number of hydrogen-bond acceptors (Lipinski definition) is 3. The molecule has 3 aromatic carbocycles. The molecule has 3 nitrogen and oxygen atoms in total. The molecule has 33 heavy (non-hydrogen) atoms. The lowest BCUT2D eigenvalue weighted by Crippen LogP contribution is -2.32. The van der Waals surface area contributed by atoms with Crippen LogP contribution in [0.15, 0.2) is 48.5 Å². The van der Waals surface area contributed by atoms with E-state index in [1.165, 1.54) is 28.8 Å². The molecule has 1 aliphatic rings. The van der Waals surface area contributed by atoms with E-state index in [2.05, 4.69) is 77.2 Å². The fourth-order valence-electron chi connectivity index (χ4n) is 4.79. The van der Waals surface area contributed by atoms with Crippen LogP contribution in [0.2, 0.25) is 0 Å². The molecule has 0 spiro atoms. The van der Waals surface area contributed by atoms with Crippen LogP contribution in [0.25, 0.3) is 16.7 Å². The average molecular weight is 446 g/mol. The van der Waals surface area contributed by atoms with Crippen molar-refractivity contribution in [2.45, 2.75) is 53.7 Å². The van der Waals surface area contributed by atoms with Gasteiger partial charge in [0.1, 0.15) is 23.9 Å². The number of aryl methyl sites for hydroxylation is 2. The molecule has 0 atom stereocenters. The molecule has 0 unspecified atom stereocenters. The van der Waals surface area contributed by atoms with Gasteiger partial charge in [0.15, 0.2) is 0 Å². The molecule has 1 N–H and O–H groups in total. The maximum Gasteiger partial charge on any atom is 0.129 e. The van der Waals surface area contributed by atoms with Crippen LogP contribution in [-0.4, -0.2) is 12.6 Å². The maximum absolute atomic E-state index is 13.9. The van der Waals surface area contributed by atoms with E-state index in [0.717, 1.165) is 39.3 Å². The van der Waals surface area contributed by atoms with E-state index in [0.29, 0.717) is 12.4 Å². The van der Waals surface area contributed by atoms with E-state index in [1.54, 1.807) is 13.2 Å². The van der Waals surface area contributed by atoms with Crippen LogP contribution in [0, 0.1) is 26.6 Å². The standard InChI is InChI=1S/C29H32FNO2/c1-17-12-18(2)20(4)26(13-17)33-16-24-22(23-9-8-21(30)14-27(23)32-7)10-11-25-28(24)19(3)15-29(5,6)31-25/h8-15,31H,16H2,1-7H3. The van der Waals surface area contributed by atoms with Crippen LogP contribution in [0.3, 0.4) is 0 Å². The van der Waals surface area contributed by atoms with Gasteiger partial charge in [0.05, 0.1) is 12.6 Å². The van der Waals surface area contributed by atoms with Gasteiger partial charge in [-0.1, -0.05) is 18.2 Å². The summed E-state index contributed by atoms with van der Waals surface area (Å²) in [5, 5.41) is 3.63. The highest BCUT2D eigenvalue weighted by molar-refractivity contribution is 5.88. The molecule has 4 heteroatoms. The number of anilines is 1. The van der Waals surface area contributed by atoms with Crippen molar-refractivity contribution in [3.63, 3.8) is 0 Å². The fourth-order valence-corrected chi connectivity index (χ4v) is 4.79. The first kappa shape index (κ1) is 22.9. The number of allylic oxidation sites excluding steroid dienone is 1. The molecule has 0 bridgehead atoms. The van der Waals surface area contributed by atoms with Crippen molar-refractivity contribution in [3.8, 4) is 22.6 Å². The van der Waals surface area contributed by atoms with E-state index >= 15 is 0 Å². The molecule has 0 aromatic heterocycles. The SMILES string of the molecule is COc1cc(F)ccc1-c1ccc2c(c1COc1cc(C)cc(C)c1C)C(C)=CC(C)(C)N2. The van der Waals surface area contributed by atoms with Gasteiger partial charge in [-0.15, -0.1) is 0 Å². The van der Waals surface area contributed by atoms with Crippen LogP contribution in [0.4, 0.5) is 10.1 Å². The highest BCUT2D eigenvalue weighted by Gasteiger charge is 2.27. The van der Waals surface area contributed by atoms with Crippen molar-refractivity contribution >= 4 is 11.3 Å². The predicted molar refractivity (Wildman–Crippen MR) is 135 cm³/mol. The summed E-state index contributed by atoms with van der Waals surface area (Å²) in [6, 6.07) is 13.1. The number of halogens is 1. The Morgan fingerprint density at radius 2 is 1.64 bits per heavy atom. The number of hydrogen-bond donors (Lipinski definition) is 1. The van der Waals surface area contributed by atoms with Gasteiger partial charge in [0, 0.05) is 28.4 Å². The summed E-state index contributed by atoms with van der Waals surface area (Å²) in [7, 11) is 1.57. The second kappa shape index (κ2) is 8.58. The summed E-state index contributed by atoms with van der Waals surface area (Å²) < 4.78 is 25.9. The minimum absolute atomic E-state index is 0.144. The molecule has 172 valence electrons. The zero-order valence-electron chi connectivity index (χ0n) is 20.5. The molecular formula is C29H32FNO2. The first-order chi connectivity index (χ1) is 15.6. The van der Waals surface area contributed by atoms with E-state index in [-0.39, 0.29) is 11.4 Å². The third-order valence-electron chi connectivity index (χ3n) is 6.33. The number of rotatable bonds is 5. The lowest BCUT2D eigenvalue weighted by atomic mass is 9.85. The quantitative estimate of drug-likeness (QED) is 0.438. The predicted octanol–water partition coefficient (Wildman–Crippen LogP) is 7.61. The smallest absolute Gasteiger partial charge is 0.129 e. The molecule has 0 amide bonds. The van der Waals surface area contributed by atoms with E-state index < -0.39 is 0 Å². The van der Waals surface area contributed by atoms with Gasteiger partial charge in [-0.3, -0.25) is 0 Å². The second-order valence-corrected chi connectivity index (χ2v) is 9.53. The van der Waals surface area contributed by atoms with Crippen molar-refractivity contribution < 1.29 is 13.9 Å². The average Bonchev–Trinajstić information content (AvgIpc) is 2.74. The summed E-state index contributed by atoms with van der Waals surface area (Å²) in [6.45, 7) is 13.1. The van der Waals surface area contributed by atoms with Gasteiger partial charge in [0.25, 0.3) is 0 Å². The Hall–Kier alpha value is -3.27. The van der Waals surface area contributed by atoms with Crippen LogP contribution < -0.4 is 14.8 Å². The maximum atomic E-state index is 13.9. The molecule has 0 saturated carbocycles. The highest BCUT2D eigenvalue weighted by Crippen LogP contribution is 2.43. The number of benzene rings is 3. The Morgan fingerprint density at radius 3 is 2.36 bits per heavy atom. The van der Waals surface area contributed by atoms with Crippen molar-refractivity contribution in [3.05, 3.63) is 82.2 Å². The molecular weight excluding hydrogens is 413 g/mol. The second-order valence-electron chi connectivity index (χ2n) is 9.53. The zero-order chi connectivity index (χ0) is 23.9. The summed E-state index contributed by atoms with van der Waals surface area (Å²) in [5.74, 6) is 1.06. The van der Waals surface area contributed by atoms with Gasteiger partial charge >= 0.3 is 0 Å². The monoisotopic (exact) mass is 445 g/mol. The van der Waals surface area contributed by atoms with Gasteiger partial charge in [-0.2, -0.15) is 0 Å². The summed E-state index contributed by atoms with van der Waals surface area (Å²) in [6.07, 6.45) is 2.24. The van der Waals surface area contributed by atoms with Crippen LogP contribution in [0.5, 0.6) is 11.5 Å². The van der Waals surface area contributed by atoms with Crippen LogP contribution in [0.1, 0.15) is 48.6 Å². The topological polar surface area (TPSA) is 30.5 Å². The zero-order valence-corrected chi connectivity index (χ0v) is 20.5. The molecule has 0 radical (unpaired) electrons. The number of ether oxygens (including phenoxy) is 2. The first-order valence-corrected chi connectivity index (χ1v) is 11.3. The van der Waals surface area contributed by atoms with Crippen molar-refractivity contribution in [1.29, 1.82) is 0 Å². The molecule has 0 saturated heterocycles. The van der Waals surface area contributed by atoms with E-state index in [9.17, 15) is 4.39 Å². The fraction of sp³-hybridized carbons (Fsp3) is 0.310. The summed E-state index contributed by atoms with van der Waals surface area (Å²) in [4.78, 5) is 0. The van der Waals surface area contributed by atoms with Crippen LogP contribution in [-0.2, 0) is 6.61 Å². The Kier molecular flexibility index (Phi) is 5.96. The number of methoxy groups -OCH3 is 1. The highest BCUT2D eigenvalue weighted by atomic mass is 19.1.